The number of hydrogen-bond acceptors (Lipinski definition) is 4. The second kappa shape index (κ2) is 5.87. The minimum absolute atomic E-state index is 0.0595. The highest BCUT2D eigenvalue weighted by Gasteiger charge is 2.17. The maximum atomic E-state index is 11.1. The molecule has 0 spiro atoms. The Balaban J connectivity index is 2.38. The van der Waals surface area contributed by atoms with Crippen molar-refractivity contribution in [1.29, 1.82) is 0 Å². The fourth-order valence-electron chi connectivity index (χ4n) is 1.52. The van der Waals surface area contributed by atoms with Crippen LogP contribution in [0.25, 0.3) is 0 Å². The molecule has 0 saturated carbocycles. The van der Waals surface area contributed by atoms with Crippen LogP contribution < -0.4 is 4.74 Å². The topological polar surface area (TPSA) is 89.7 Å². The number of ether oxygens (including phenoxy) is 1. The largest absolute Gasteiger partial charge is 0.478 e. The summed E-state index contributed by atoms with van der Waals surface area (Å²) in [5.41, 5.74) is -0.546. The first-order valence-electron chi connectivity index (χ1n) is 5.42. The molecule has 1 N–H and O–H groups in total. The molecule has 0 heterocycles. The van der Waals surface area contributed by atoms with E-state index in [0.29, 0.717) is 5.75 Å². The van der Waals surface area contributed by atoms with E-state index in [0.717, 1.165) is 9.64 Å². The predicted molar refractivity (Wildman–Crippen MR) is 79.3 cm³/mol. The van der Waals surface area contributed by atoms with E-state index in [-0.39, 0.29) is 17.0 Å². The van der Waals surface area contributed by atoms with Crippen LogP contribution >= 0.6 is 22.6 Å². The van der Waals surface area contributed by atoms with Crippen LogP contribution in [0.3, 0.4) is 0 Å². The van der Waals surface area contributed by atoms with Gasteiger partial charge in [0.2, 0.25) is 0 Å². The van der Waals surface area contributed by atoms with Gasteiger partial charge < -0.3 is 9.84 Å². The van der Waals surface area contributed by atoms with Crippen molar-refractivity contribution in [2.75, 3.05) is 0 Å². The predicted octanol–water partition coefficient (Wildman–Crippen LogP) is 3.69. The third-order valence-electron chi connectivity index (χ3n) is 2.45. The number of carboxylic acids is 1. The number of benzene rings is 2. The quantitative estimate of drug-likeness (QED) is 0.493. The van der Waals surface area contributed by atoms with Crippen molar-refractivity contribution in [3.63, 3.8) is 0 Å². The van der Waals surface area contributed by atoms with Crippen LogP contribution in [0.4, 0.5) is 5.69 Å². The molecule has 0 aliphatic heterocycles. The Kier molecular flexibility index (Phi) is 4.18. The first-order chi connectivity index (χ1) is 9.47. The van der Waals surface area contributed by atoms with Crippen molar-refractivity contribution in [3.8, 4) is 11.5 Å². The Hall–Kier alpha value is -2.16. The maximum absolute atomic E-state index is 11.1. The zero-order valence-corrected chi connectivity index (χ0v) is 12.1. The number of nitrogens with zero attached hydrogens (tertiary/aromatic N) is 1. The number of non-ortho nitro benzene ring substituents is 1. The summed E-state index contributed by atoms with van der Waals surface area (Å²) in [4.78, 5) is 21.1. The smallest absolute Gasteiger partial charge is 0.339 e. The van der Waals surface area contributed by atoms with E-state index in [9.17, 15) is 14.9 Å². The fourth-order valence-corrected chi connectivity index (χ4v) is 1.88. The number of halogens is 1. The van der Waals surface area contributed by atoms with Gasteiger partial charge in [-0.2, -0.15) is 0 Å². The Morgan fingerprint density at radius 3 is 2.40 bits per heavy atom. The minimum atomic E-state index is -1.28. The number of rotatable bonds is 4. The number of nitro benzene ring substituents is 1. The van der Waals surface area contributed by atoms with Gasteiger partial charge in [0.25, 0.3) is 5.69 Å². The van der Waals surface area contributed by atoms with Crippen molar-refractivity contribution in [2.45, 2.75) is 0 Å². The van der Waals surface area contributed by atoms with Gasteiger partial charge in [-0.1, -0.05) is 0 Å². The average molecular weight is 385 g/mol. The molecule has 0 aliphatic rings. The Morgan fingerprint density at radius 1 is 1.20 bits per heavy atom. The molecule has 0 unspecified atom stereocenters. The molecular formula is C13H8INO5. The number of nitro groups is 1. The third kappa shape index (κ3) is 3.23. The van der Waals surface area contributed by atoms with E-state index in [1.54, 1.807) is 12.1 Å². The van der Waals surface area contributed by atoms with Crippen LogP contribution in [0.2, 0.25) is 0 Å². The lowest BCUT2D eigenvalue weighted by molar-refractivity contribution is -0.384. The zero-order chi connectivity index (χ0) is 14.7. The molecule has 2 aromatic rings. The Bertz CT molecular complexity index is 669. The summed E-state index contributed by atoms with van der Waals surface area (Å²) < 4.78 is 6.46. The zero-order valence-electron chi connectivity index (χ0n) is 9.95. The first kappa shape index (κ1) is 14.3. The fraction of sp³-hybridized carbons (Fsp3) is 0. The summed E-state index contributed by atoms with van der Waals surface area (Å²) in [6.07, 6.45) is 0. The molecule has 0 aliphatic carbocycles. The van der Waals surface area contributed by atoms with Crippen LogP contribution in [0.5, 0.6) is 11.5 Å². The highest BCUT2D eigenvalue weighted by Crippen LogP contribution is 2.29. The molecule has 7 heteroatoms. The van der Waals surface area contributed by atoms with Crippen LogP contribution in [0.15, 0.2) is 42.5 Å². The minimum Gasteiger partial charge on any atom is -0.478 e. The van der Waals surface area contributed by atoms with Crippen LogP contribution in [-0.2, 0) is 0 Å². The molecule has 0 radical (unpaired) electrons. The second-order valence-corrected chi connectivity index (χ2v) is 5.04. The van der Waals surface area contributed by atoms with Crippen molar-refractivity contribution in [3.05, 3.63) is 61.7 Å². The molecule has 2 aromatic carbocycles. The highest BCUT2D eigenvalue weighted by molar-refractivity contribution is 14.1. The molecular weight excluding hydrogens is 377 g/mol. The summed E-state index contributed by atoms with van der Waals surface area (Å²) in [5, 5.41) is 19.7. The van der Waals surface area contributed by atoms with Gasteiger partial charge in [-0.25, -0.2) is 4.79 Å². The second-order valence-electron chi connectivity index (χ2n) is 3.80. The number of carboxylic acid groups (broad SMARTS) is 1. The van der Waals surface area contributed by atoms with Gasteiger partial charge in [0, 0.05) is 15.7 Å². The van der Waals surface area contributed by atoms with Gasteiger partial charge >= 0.3 is 5.97 Å². The molecule has 0 fully saturated rings. The summed E-state index contributed by atoms with van der Waals surface area (Å²) in [6, 6.07) is 10.4. The van der Waals surface area contributed by atoms with E-state index < -0.39 is 10.9 Å². The van der Waals surface area contributed by atoms with Crippen molar-refractivity contribution in [1.82, 2.24) is 0 Å². The molecule has 2 rings (SSSR count). The number of carbonyl (C=O) groups is 1. The average Bonchev–Trinajstić information content (AvgIpc) is 2.41. The third-order valence-corrected chi connectivity index (χ3v) is 3.16. The Morgan fingerprint density at radius 2 is 1.85 bits per heavy atom. The van der Waals surface area contributed by atoms with Crippen LogP contribution in [0, 0.1) is 13.7 Å². The lowest BCUT2D eigenvalue weighted by Gasteiger charge is -2.08. The lowest BCUT2D eigenvalue weighted by Crippen LogP contribution is -2.01. The lowest BCUT2D eigenvalue weighted by atomic mass is 10.2. The molecule has 102 valence electrons. The highest BCUT2D eigenvalue weighted by atomic mass is 127. The normalized spacial score (nSPS) is 10.1. The van der Waals surface area contributed by atoms with Gasteiger partial charge in [0.15, 0.2) is 0 Å². The maximum Gasteiger partial charge on any atom is 0.339 e. The van der Waals surface area contributed by atoms with E-state index in [4.69, 9.17) is 9.84 Å². The summed E-state index contributed by atoms with van der Waals surface area (Å²) >= 11 is 2.13. The van der Waals surface area contributed by atoms with Crippen molar-refractivity contribution in [2.24, 2.45) is 0 Å². The standard InChI is InChI=1S/C13H8INO5/c14-8-1-4-10(5-2-8)20-12-6-3-9(15(18)19)7-11(12)13(16)17/h1-7H,(H,16,17). The van der Waals surface area contributed by atoms with E-state index in [2.05, 4.69) is 22.6 Å². The van der Waals surface area contributed by atoms with E-state index >= 15 is 0 Å². The molecule has 0 aromatic heterocycles. The van der Waals surface area contributed by atoms with E-state index in [1.165, 1.54) is 12.1 Å². The molecule has 0 amide bonds. The number of aromatic carboxylic acids is 1. The van der Waals surface area contributed by atoms with Gasteiger partial charge in [0.05, 0.1) is 4.92 Å². The van der Waals surface area contributed by atoms with E-state index in [1.807, 2.05) is 12.1 Å². The van der Waals surface area contributed by atoms with Crippen molar-refractivity contribution >= 4 is 34.2 Å². The number of hydrogen-bond donors (Lipinski definition) is 1. The molecule has 0 atom stereocenters. The molecule has 0 saturated heterocycles. The summed E-state index contributed by atoms with van der Waals surface area (Å²) in [7, 11) is 0. The van der Waals surface area contributed by atoms with Gasteiger partial charge in [0.1, 0.15) is 17.1 Å². The van der Waals surface area contributed by atoms with Gasteiger partial charge in [-0.15, -0.1) is 0 Å². The monoisotopic (exact) mass is 385 g/mol. The Labute approximate surface area is 127 Å². The summed E-state index contributed by atoms with van der Waals surface area (Å²) in [6.45, 7) is 0. The molecule has 6 nitrogen and oxygen atoms in total. The van der Waals surface area contributed by atoms with Gasteiger partial charge in [-0.05, 0) is 52.9 Å². The van der Waals surface area contributed by atoms with Crippen LogP contribution in [0.1, 0.15) is 10.4 Å². The molecule has 0 bridgehead atoms. The van der Waals surface area contributed by atoms with Gasteiger partial charge in [-0.3, -0.25) is 10.1 Å². The first-order valence-corrected chi connectivity index (χ1v) is 6.50. The van der Waals surface area contributed by atoms with Crippen molar-refractivity contribution < 1.29 is 19.6 Å². The summed E-state index contributed by atoms with van der Waals surface area (Å²) in [5.74, 6) is -0.764. The van der Waals surface area contributed by atoms with Crippen LogP contribution in [-0.4, -0.2) is 16.0 Å². The SMILES string of the molecule is O=C(O)c1cc([N+](=O)[O-])ccc1Oc1ccc(I)cc1. The molecule has 20 heavy (non-hydrogen) atoms.